The van der Waals surface area contributed by atoms with Crippen LogP contribution in [0.1, 0.15) is 5.56 Å². The molecule has 2 aromatic rings. The number of hydrogen-bond acceptors (Lipinski definition) is 3. The Morgan fingerprint density at radius 3 is 2.67 bits per heavy atom. The van der Waals surface area contributed by atoms with Gasteiger partial charge in [-0.1, -0.05) is 11.3 Å². The van der Waals surface area contributed by atoms with Crippen LogP contribution in [0, 0.1) is 6.92 Å². The van der Waals surface area contributed by atoms with Crippen molar-refractivity contribution in [1.29, 1.82) is 0 Å². The molecule has 0 amide bonds. The summed E-state index contributed by atoms with van der Waals surface area (Å²) >= 11 is 3.37. The van der Waals surface area contributed by atoms with Gasteiger partial charge in [-0.05, 0) is 40.5 Å². The van der Waals surface area contributed by atoms with E-state index in [9.17, 15) is 0 Å². The van der Waals surface area contributed by atoms with Crippen LogP contribution in [0.15, 0.2) is 22.8 Å². The van der Waals surface area contributed by atoms with Crippen LogP contribution in [0.5, 0.6) is 0 Å². The van der Waals surface area contributed by atoms with Crippen LogP contribution in [0.2, 0.25) is 0 Å². The van der Waals surface area contributed by atoms with Crippen molar-refractivity contribution in [3.05, 3.63) is 28.4 Å². The summed E-state index contributed by atoms with van der Waals surface area (Å²) in [7, 11) is 1.86. The molecule has 1 aromatic heterocycles. The molecule has 0 saturated carbocycles. The number of nitrogens with two attached hydrogens (primary N) is 1. The van der Waals surface area contributed by atoms with E-state index >= 15 is 0 Å². The third kappa shape index (κ3) is 1.74. The van der Waals surface area contributed by atoms with Crippen LogP contribution in [0.3, 0.4) is 0 Å². The van der Waals surface area contributed by atoms with Crippen LogP contribution >= 0.6 is 15.9 Å². The molecule has 0 bridgehead atoms. The van der Waals surface area contributed by atoms with E-state index in [2.05, 4.69) is 26.2 Å². The van der Waals surface area contributed by atoms with Crippen LogP contribution < -0.4 is 5.73 Å². The first kappa shape index (κ1) is 10.2. The second-order valence-electron chi connectivity index (χ2n) is 3.42. The smallest absolute Gasteiger partial charge is 0.156 e. The first-order valence-electron chi connectivity index (χ1n) is 4.51. The first-order chi connectivity index (χ1) is 7.09. The minimum absolute atomic E-state index is 0.745. The molecule has 0 fully saturated rings. The number of benzene rings is 1. The van der Waals surface area contributed by atoms with E-state index < -0.39 is 0 Å². The normalized spacial score (nSPS) is 10.6. The molecule has 5 heteroatoms. The molecule has 0 atom stereocenters. The molecular weight excluding hydrogens is 256 g/mol. The fraction of sp³-hybridized carbons (Fsp3) is 0.200. The number of aryl methyl sites for hydroxylation is 2. The van der Waals surface area contributed by atoms with Crippen LogP contribution in [-0.4, -0.2) is 15.0 Å². The molecule has 2 N–H and O–H groups in total. The second kappa shape index (κ2) is 3.66. The number of aromatic nitrogens is 3. The van der Waals surface area contributed by atoms with Gasteiger partial charge in [0.15, 0.2) is 4.60 Å². The van der Waals surface area contributed by atoms with Crippen molar-refractivity contribution in [3.63, 3.8) is 0 Å². The summed E-state index contributed by atoms with van der Waals surface area (Å²) in [6.07, 6.45) is 0. The van der Waals surface area contributed by atoms with Crippen molar-refractivity contribution in [1.82, 2.24) is 15.0 Å². The van der Waals surface area contributed by atoms with Gasteiger partial charge in [-0.15, -0.1) is 5.10 Å². The van der Waals surface area contributed by atoms with Gasteiger partial charge in [-0.3, -0.25) is 0 Å². The summed E-state index contributed by atoms with van der Waals surface area (Å²) in [5.41, 5.74) is 9.63. The largest absolute Gasteiger partial charge is 0.399 e. The van der Waals surface area contributed by atoms with E-state index in [0.29, 0.717) is 0 Å². The van der Waals surface area contributed by atoms with Crippen molar-refractivity contribution in [2.24, 2.45) is 7.05 Å². The maximum Gasteiger partial charge on any atom is 0.156 e. The standard InChI is InChI=1S/C10H11BrN4/c1-6-5-7(3-4-8(6)12)9-10(11)13-14-15(9)2/h3-5H,12H2,1-2H3. The molecule has 0 saturated heterocycles. The predicted molar refractivity (Wildman–Crippen MR) is 63.3 cm³/mol. The Labute approximate surface area is 96.2 Å². The molecule has 0 unspecified atom stereocenters. The minimum atomic E-state index is 0.745. The van der Waals surface area contributed by atoms with Gasteiger partial charge >= 0.3 is 0 Å². The molecule has 1 heterocycles. The van der Waals surface area contributed by atoms with Gasteiger partial charge in [0.2, 0.25) is 0 Å². The van der Waals surface area contributed by atoms with Crippen LogP contribution in [-0.2, 0) is 7.05 Å². The van der Waals surface area contributed by atoms with Crippen LogP contribution in [0.4, 0.5) is 5.69 Å². The number of rotatable bonds is 1. The highest BCUT2D eigenvalue weighted by Crippen LogP contribution is 2.27. The van der Waals surface area contributed by atoms with Crippen molar-refractivity contribution in [2.45, 2.75) is 6.92 Å². The molecule has 15 heavy (non-hydrogen) atoms. The topological polar surface area (TPSA) is 56.7 Å². The number of anilines is 1. The average molecular weight is 267 g/mol. The lowest BCUT2D eigenvalue weighted by molar-refractivity contribution is 0.720. The van der Waals surface area contributed by atoms with E-state index in [1.807, 2.05) is 32.2 Å². The van der Waals surface area contributed by atoms with Crippen LogP contribution in [0.25, 0.3) is 11.3 Å². The zero-order valence-corrected chi connectivity index (χ0v) is 10.1. The summed E-state index contributed by atoms with van der Waals surface area (Å²) in [5.74, 6) is 0. The summed E-state index contributed by atoms with van der Waals surface area (Å²) in [6.45, 7) is 1.98. The second-order valence-corrected chi connectivity index (χ2v) is 4.17. The lowest BCUT2D eigenvalue weighted by atomic mass is 10.1. The van der Waals surface area contributed by atoms with E-state index in [-0.39, 0.29) is 0 Å². The predicted octanol–water partition coefficient (Wildman–Crippen LogP) is 2.14. The minimum Gasteiger partial charge on any atom is -0.399 e. The summed E-state index contributed by atoms with van der Waals surface area (Å²) in [4.78, 5) is 0. The molecule has 0 aliphatic heterocycles. The molecule has 0 spiro atoms. The third-order valence-corrected chi connectivity index (χ3v) is 2.86. The molecule has 0 aliphatic rings. The summed E-state index contributed by atoms with van der Waals surface area (Å²) in [6, 6.07) is 5.88. The fourth-order valence-corrected chi connectivity index (χ4v) is 2.02. The van der Waals surface area contributed by atoms with Crippen molar-refractivity contribution >= 4 is 21.6 Å². The van der Waals surface area contributed by atoms with E-state index in [1.54, 1.807) is 4.68 Å². The Bertz CT molecular complexity index is 485. The number of nitrogen functional groups attached to an aromatic ring is 1. The van der Waals surface area contributed by atoms with Gasteiger partial charge in [0.25, 0.3) is 0 Å². The average Bonchev–Trinajstić information content (AvgIpc) is 2.52. The summed E-state index contributed by atoms with van der Waals surface area (Å²) in [5, 5.41) is 7.88. The Balaban J connectivity index is 2.59. The van der Waals surface area contributed by atoms with E-state index in [1.165, 1.54) is 0 Å². The molecule has 0 aliphatic carbocycles. The third-order valence-electron chi connectivity index (χ3n) is 2.33. The highest BCUT2D eigenvalue weighted by Gasteiger charge is 2.10. The zero-order chi connectivity index (χ0) is 11.0. The monoisotopic (exact) mass is 266 g/mol. The lowest BCUT2D eigenvalue weighted by Gasteiger charge is -2.05. The number of hydrogen-bond donors (Lipinski definition) is 1. The quantitative estimate of drug-likeness (QED) is 0.805. The molecule has 78 valence electrons. The Morgan fingerprint density at radius 2 is 2.13 bits per heavy atom. The molecule has 0 radical (unpaired) electrons. The number of nitrogens with zero attached hydrogens (tertiary/aromatic N) is 3. The van der Waals surface area contributed by atoms with Gasteiger partial charge < -0.3 is 5.73 Å². The zero-order valence-electron chi connectivity index (χ0n) is 8.53. The molecule has 2 rings (SSSR count). The van der Waals surface area contributed by atoms with Gasteiger partial charge in [0, 0.05) is 18.3 Å². The van der Waals surface area contributed by atoms with Gasteiger partial charge in [0.1, 0.15) is 5.69 Å². The molecule has 1 aromatic carbocycles. The first-order valence-corrected chi connectivity index (χ1v) is 5.30. The van der Waals surface area contributed by atoms with Crippen molar-refractivity contribution in [3.8, 4) is 11.3 Å². The lowest BCUT2D eigenvalue weighted by Crippen LogP contribution is -1.95. The van der Waals surface area contributed by atoms with Crippen molar-refractivity contribution < 1.29 is 0 Å². The van der Waals surface area contributed by atoms with Crippen molar-refractivity contribution in [2.75, 3.05) is 5.73 Å². The highest BCUT2D eigenvalue weighted by atomic mass is 79.9. The van der Waals surface area contributed by atoms with Gasteiger partial charge in [-0.25, -0.2) is 4.68 Å². The summed E-state index contributed by atoms with van der Waals surface area (Å²) < 4.78 is 2.48. The number of halogens is 1. The Morgan fingerprint density at radius 1 is 1.40 bits per heavy atom. The molecular formula is C10H11BrN4. The van der Waals surface area contributed by atoms with Gasteiger partial charge in [0.05, 0.1) is 0 Å². The maximum atomic E-state index is 5.77. The fourth-order valence-electron chi connectivity index (χ4n) is 1.46. The molecule has 4 nitrogen and oxygen atoms in total. The highest BCUT2D eigenvalue weighted by molar-refractivity contribution is 9.10. The Kier molecular flexibility index (Phi) is 2.48. The maximum absolute atomic E-state index is 5.77. The van der Waals surface area contributed by atoms with E-state index in [4.69, 9.17) is 5.73 Å². The SMILES string of the molecule is Cc1cc(-c2c(Br)nnn2C)ccc1N. The Hall–Kier alpha value is -1.36. The van der Waals surface area contributed by atoms with Gasteiger partial charge in [-0.2, -0.15) is 0 Å². The van der Waals surface area contributed by atoms with E-state index in [0.717, 1.165) is 27.1 Å².